The monoisotopic (exact) mass is 360 g/mol. The molecule has 4 rings (SSSR count). The maximum absolute atomic E-state index is 13.0. The summed E-state index contributed by atoms with van der Waals surface area (Å²) in [4.78, 5) is 51.0. The quantitative estimate of drug-likeness (QED) is 0.827. The third kappa shape index (κ3) is 2.20. The van der Waals surface area contributed by atoms with Crippen molar-refractivity contribution in [3.05, 3.63) is 87.7 Å². The second-order valence-corrected chi connectivity index (χ2v) is 6.04. The summed E-state index contributed by atoms with van der Waals surface area (Å²) in [5.74, 6) is -4.08. The van der Waals surface area contributed by atoms with Crippen molar-refractivity contribution >= 4 is 28.9 Å². The number of benzene rings is 2. The van der Waals surface area contributed by atoms with Crippen LogP contribution in [0.1, 0.15) is 36.6 Å². The van der Waals surface area contributed by atoms with Gasteiger partial charge in [-0.05, 0) is 0 Å². The highest BCUT2D eigenvalue weighted by atomic mass is 16.5. The Morgan fingerprint density at radius 3 is 1.67 bits per heavy atom. The standard InChI is InChI=1S/C21H12O6/c1-27-21-15(17(23)11-7-3-5-9-13(11)19(21)25)14-16(22)10-6-2-4-8-12(10)18(24)20(14)26/h2-9,22H,1H3. The lowest BCUT2D eigenvalue weighted by Gasteiger charge is -2.24. The number of Topliss-reactive ketones (excluding diaryl/α,β-unsaturated/α-hetero) is 4. The first-order valence-electron chi connectivity index (χ1n) is 8.06. The molecule has 2 aromatic carbocycles. The number of carbonyl (C=O) groups is 4. The molecule has 0 amide bonds. The van der Waals surface area contributed by atoms with Crippen molar-refractivity contribution in [3.63, 3.8) is 0 Å². The molecular weight excluding hydrogens is 348 g/mol. The van der Waals surface area contributed by atoms with Gasteiger partial charge in [-0.25, -0.2) is 0 Å². The van der Waals surface area contributed by atoms with Crippen molar-refractivity contribution in [2.24, 2.45) is 0 Å². The number of rotatable bonds is 2. The third-order valence-electron chi connectivity index (χ3n) is 4.63. The van der Waals surface area contributed by atoms with Crippen molar-refractivity contribution in [3.8, 4) is 0 Å². The van der Waals surface area contributed by atoms with Crippen molar-refractivity contribution < 1.29 is 29.0 Å². The molecule has 2 aromatic rings. The van der Waals surface area contributed by atoms with Crippen LogP contribution in [-0.4, -0.2) is 35.3 Å². The summed E-state index contributed by atoms with van der Waals surface area (Å²) in [6, 6.07) is 12.1. The second-order valence-electron chi connectivity index (χ2n) is 6.04. The normalized spacial score (nSPS) is 16.5. The molecule has 1 N–H and O–H groups in total. The van der Waals surface area contributed by atoms with Crippen LogP contribution in [0.2, 0.25) is 0 Å². The fraction of sp³-hybridized carbons (Fsp3) is 0.0476. The fourth-order valence-corrected chi connectivity index (χ4v) is 3.37. The average molecular weight is 360 g/mol. The molecule has 0 saturated carbocycles. The zero-order valence-electron chi connectivity index (χ0n) is 14.1. The first-order chi connectivity index (χ1) is 13.0. The van der Waals surface area contributed by atoms with Crippen molar-refractivity contribution in [1.82, 2.24) is 0 Å². The SMILES string of the molecule is COC1=C(C2=C(O)c3ccccc3C(=O)C2=O)C(=O)c2ccccc2C1=O. The lowest BCUT2D eigenvalue weighted by molar-refractivity contribution is -0.111. The van der Waals surface area contributed by atoms with Crippen LogP contribution < -0.4 is 0 Å². The topological polar surface area (TPSA) is 97.7 Å². The maximum atomic E-state index is 13.0. The molecule has 0 heterocycles. The number of allylic oxidation sites excluding steroid dienone is 3. The predicted molar refractivity (Wildman–Crippen MR) is 94.5 cm³/mol. The number of ether oxygens (including phenoxy) is 1. The molecular formula is C21H12O6. The summed E-state index contributed by atoms with van der Waals surface area (Å²) in [7, 11) is 1.19. The van der Waals surface area contributed by atoms with Crippen LogP contribution in [0.4, 0.5) is 0 Å². The third-order valence-corrected chi connectivity index (χ3v) is 4.63. The minimum atomic E-state index is -1.06. The minimum Gasteiger partial charge on any atom is -0.506 e. The summed E-state index contributed by atoms with van der Waals surface area (Å²) >= 11 is 0. The predicted octanol–water partition coefficient (Wildman–Crippen LogP) is 2.70. The molecule has 0 fully saturated rings. The number of aliphatic hydroxyl groups is 1. The van der Waals surface area contributed by atoms with Crippen molar-refractivity contribution in [2.45, 2.75) is 0 Å². The maximum Gasteiger partial charge on any atom is 0.238 e. The Bertz CT molecular complexity index is 1130. The zero-order chi connectivity index (χ0) is 19.3. The van der Waals surface area contributed by atoms with Gasteiger partial charge in [0.15, 0.2) is 11.5 Å². The molecule has 0 spiro atoms. The van der Waals surface area contributed by atoms with E-state index in [1.165, 1.54) is 31.4 Å². The van der Waals surface area contributed by atoms with Crippen LogP contribution in [0.3, 0.4) is 0 Å². The number of fused-ring (bicyclic) bond motifs is 2. The van der Waals surface area contributed by atoms with Gasteiger partial charge in [0.1, 0.15) is 5.76 Å². The number of hydrogen-bond donors (Lipinski definition) is 1. The van der Waals surface area contributed by atoms with E-state index in [1.807, 2.05) is 0 Å². The average Bonchev–Trinajstić information content (AvgIpc) is 2.70. The van der Waals surface area contributed by atoms with Crippen molar-refractivity contribution in [1.29, 1.82) is 0 Å². The smallest absolute Gasteiger partial charge is 0.238 e. The van der Waals surface area contributed by atoms with E-state index in [0.29, 0.717) is 0 Å². The first-order valence-corrected chi connectivity index (χ1v) is 8.06. The summed E-state index contributed by atoms with van der Waals surface area (Å²) < 4.78 is 5.12. The van der Waals surface area contributed by atoms with Gasteiger partial charge in [-0.15, -0.1) is 0 Å². The number of ketones is 4. The van der Waals surface area contributed by atoms with Gasteiger partial charge < -0.3 is 9.84 Å². The largest absolute Gasteiger partial charge is 0.506 e. The van der Waals surface area contributed by atoms with E-state index in [0.717, 1.165) is 0 Å². The van der Waals surface area contributed by atoms with E-state index >= 15 is 0 Å². The Hall–Kier alpha value is -3.80. The van der Waals surface area contributed by atoms with E-state index in [9.17, 15) is 24.3 Å². The van der Waals surface area contributed by atoms with Gasteiger partial charge in [-0.1, -0.05) is 48.5 Å². The molecule has 0 radical (unpaired) electrons. The van der Waals surface area contributed by atoms with E-state index in [1.54, 1.807) is 24.3 Å². The van der Waals surface area contributed by atoms with Gasteiger partial charge >= 0.3 is 0 Å². The summed E-state index contributed by atoms with van der Waals surface area (Å²) in [5.41, 5.74) is -0.525. The second kappa shape index (κ2) is 5.88. The minimum absolute atomic E-state index is 0.0401. The molecule has 6 heteroatoms. The Morgan fingerprint density at radius 1 is 0.630 bits per heavy atom. The number of carbonyl (C=O) groups excluding carboxylic acids is 4. The molecule has 132 valence electrons. The highest BCUT2D eigenvalue weighted by Crippen LogP contribution is 2.37. The van der Waals surface area contributed by atoms with Crippen LogP contribution in [0.15, 0.2) is 65.4 Å². The van der Waals surface area contributed by atoms with Gasteiger partial charge in [-0.3, -0.25) is 19.2 Å². The van der Waals surface area contributed by atoms with E-state index < -0.39 is 40.0 Å². The number of methoxy groups -OCH3 is 1. The Morgan fingerprint density at radius 2 is 1.11 bits per heavy atom. The number of aliphatic hydroxyl groups excluding tert-OH is 1. The van der Waals surface area contributed by atoms with Crippen molar-refractivity contribution in [2.75, 3.05) is 7.11 Å². The number of hydrogen-bond acceptors (Lipinski definition) is 6. The van der Waals surface area contributed by atoms with Crippen LogP contribution in [-0.2, 0) is 9.53 Å². The Labute approximate surface area is 153 Å². The van der Waals surface area contributed by atoms with Gasteiger partial charge in [-0.2, -0.15) is 0 Å². The van der Waals surface area contributed by atoms with Gasteiger partial charge in [0.25, 0.3) is 0 Å². The molecule has 0 aliphatic heterocycles. The van der Waals surface area contributed by atoms with Crippen LogP contribution in [0.25, 0.3) is 5.76 Å². The Balaban J connectivity index is 2.05. The van der Waals surface area contributed by atoms with E-state index in [4.69, 9.17) is 4.74 Å². The van der Waals surface area contributed by atoms with E-state index in [-0.39, 0.29) is 28.0 Å². The summed E-state index contributed by atoms with van der Waals surface area (Å²) in [6.45, 7) is 0. The zero-order valence-corrected chi connectivity index (χ0v) is 14.1. The Kier molecular flexibility index (Phi) is 3.63. The van der Waals surface area contributed by atoms with Crippen LogP contribution in [0, 0.1) is 0 Å². The molecule has 2 aliphatic rings. The first kappa shape index (κ1) is 16.7. The van der Waals surface area contributed by atoms with Gasteiger partial charge in [0, 0.05) is 22.3 Å². The summed E-state index contributed by atoms with van der Waals surface area (Å²) in [6.07, 6.45) is 0. The van der Waals surface area contributed by atoms with Gasteiger partial charge in [0.2, 0.25) is 17.3 Å². The highest BCUT2D eigenvalue weighted by molar-refractivity contribution is 6.55. The molecule has 0 unspecified atom stereocenters. The lowest BCUT2D eigenvalue weighted by atomic mass is 9.78. The molecule has 0 aromatic heterocycles. The molecule has 0 saturated heterocycles. The molecule has 0 atom stereocenters. The van der Waals surface area contributed by atoms with Crippen LogP contribution in [0.5, 0.6) is 0 Å². The lowest BCUT2D eigenvalue weighted by Crippen LogP contribution is -2.31. The molecule has 2 aliphatic carbocycles. The molecule has 0 bridgehead atoms. The summed E-state index contributed by atoms with van der Waals surface area (Å²) in [5, 5.41) is 10.7. The van der Waals surface area contributed by atoms with Crippen LogP contribution >= 0.6 is 0 Å². The molecule has 6 nitrogen and oxygen atoms in total. The van der Waals surface area contributed by atoms with Gasteiger partial charge in [0.05, 0.1) is 18.3 Å². The fourth-order valence-electron chi connectivity index (χ4n) is 3.37. The molecule has 27 heavy (non-hydrogen) atoms. The highest BCUT2D eigenvalue weighted by Gasteiger charge is 2.42. The van der Waals surface area contributed by atoms with E-state index in [2.05, 4.69) is 0 Å².